The lowest BCUT2D eigenvalue weighted by atomic mass is 9.80. The van der Waals surface area contributed by atoms with Crippen LogP contribution in [-0.4, -0.2) is 5.54 Å². The van der Waals surface area contributed by atoms with Gasteiger partial charge in [0, 0.05) is 62.7 Å². The Morgan fingerprint density at radius 3 is 1.85 bits per heavy atom. The van der Waals surface area contributed by atoms with Crippen LogP contribution in [0.4, 0.5) is 51.2 Å². The summed E-state index contributed by atoms with van der Waals surface area (Å²) in [7, 11) is 0. The van der Waals surface area contributed by atoms with Gasteiger partial charge in [-0.15, -0.1) is 0 Å². The molecular weight excluding hydrogens is 717 g/mol. The molecule has 10 rings (SSSR count). The van der Waals surface area contributed by atoms with E-state index in [1.165, 1.54) is 22.5 Å². The van der Waals surface area contributed by atoms with E-state index < -0.39 is 0 Å². The number of fused-ring (bicyclic) bond motifs is 3. The van der Waals surface area contributed by atoms with Gasteiger partial charge in [-0.05, 0) is 126 Å². The molecule has 4 heteroatoms. The van der Waals surface area contributed by atoms with Crippen LogP contribution in [0.2, 0.25) is 0 Å². The molecule has 0 saturated heterocycles. The fourth-order valence-corrected chi connectivity index (χ4v) is 8.77. The summed E-state index contributed by atoms with van der Waals surface area (Å²) in [6.07, 6.45) is 9.09. The Kier molecular flexibility index (Phi) is 9.36. The molecule has 0 aromatic heterocycles. The Bertz CT molecular complexity index is 2780. The van der Waals surface area contributed by atoms with Crippen molar-refractivity contribution in [3.63, 3.8) is 0 Å². The van der Waals surface area contributed by atoms with Crippen molar-refractivity contribution in [2.75, 3.05) is 20.4 Å². The van der Waals surface area contributed by atoms with Crippen LogP contribution in [0.5, 0.6) is 0 Å². The molecule has 1 heterocycles. The quantitative estimate of drug-likeness (QED) is 0.145. The molecule has 2 unspecified atom stereocenters. The van der Waals surface area contributed by atoms with Crippen LogP contribution in [-0.2, 0) is 0 Å². The van der Waals surface area contributed by atoms with E-state index in [1.807, 2.05) is 18.2 Å². The third-order valence-corrected chi connectivity index (χ3v) is 11.6. The number of allylic oxidation sites excluding steroid dienone is 2. The van der Waals surface area contributed by atoms with Gasteiger partial charge in [-0.25, -0.2) is 0 Å². The van der Waals surface area contributed by atoms with Gasteiger partial charge >= 0.3 is 0 Å². The molecule has 0 fully saturated rings. The van der Waals surface area contributed by atoms with E-state index in [2.05, 4.69) is 240 Å². The van der Waals surface area contributed by atoms with Crippen molar-refractivity contribution in [1.82, 2.24) is 0 Å². The van der Waals surface area contributed by atoms with Gasteiger partial charge in [0.25, 0.3) is 0 Å². The minimum absolute atomic E-state index is 0.196. The maximum Gasteiger partial charge on any atom is 0.0712 e. The van der Waals surface area contributed by atoms with Gasteiger partial charge in [-0.3, -0.25) is 0 Å². The van der Waals surface area contributed by atoms with Gasteiger partial charge in [0.15, 0.2) is 0 Å². The third kappa shape index (κ3) is 6.96. The van der Waals surface area contributed by atoms with Crippen LogP contribution >= 0.6 is 0 Å². The summed E-state index contributed by atoms with van der Waals surface area (Å²) in [5.41, 5.74) is 15.8. The lowest BCUT2D eigenvalue weighted by Crippen LogP contribution is -2.41. The van der Waals surface area contributed by atoms with Gasteiger partial charge < -0.3 is 20.4 Å². The predicted octanol–water partition coefficient (Wildman–Crippen LogP) is 15.1. The first-order chi connectivity index (χ1) is 29.1. The first-order valence-corrected chi connectivity index (χ1v) is 20.3. The predicted molar refractivity (Wildman–Crippen MR) is 249 cm³/mol. The van der Waals surface area contributed by atoms with Crippen molar-refractivity contribution in [2.24, 2.45) is 0 Å². The molecule has 284 valence electrons. The molecule has 0 amide bonds. The van der Waals surface area contributed by atoms with E-state index in [-0.39, 0.29) is 11.5 Å². The summed E-state index contributed by atoms with van der Waals surface area (Å²) in [5.74, 6) is 0.225. The highest BCUT2D eigenvalue weighted by atomic mass is 15.2. The Morgan fingerprint density at radius 1 is 0.475 bits per heavy atom. The number of nitrogens with zero attached hydrogens (tertiary/aromatic N) is 2. The van der Waals surface area contributed by atoms with Crippen molar-refractivity contribution in [3.8, 4) is 22.3 Å². The van der Waals surface area contributed by atoms with E-state index in [9.17, 15) is 0 Å². The van der Waals surface area contributed by atoms with Crippen LogP contribution in [0, 0.1) is 0 Å². The number of para-hydroxylation sites is 4. The zero-order valence-corrected chi connectivity index (χ0v) is 32.9. The topological polar surface area (TPSA) is 30.5 Å². The largest absolute Gasteiger partial charge is 0.356 e. The van der Waals surface area contributed by atoms with Gasteiger partial charge in [0.2, 0.25) is 0 Å². The first kappa shape index (κ1) is 35.8. The number of nitrogens with one attached hydrogen (secondary N) is 2. The molecular formula is C55H44N4. The van der Waals surface area contributed by atoms with E-state index in [0.29, 0.717) is 0 Å². The molecule has 0 radical (unpaired) electrons. The molecule has 1 aliphatic heterocycles. The van der Waals surface area contributed by atoms with Gasteiger partial charge in [0.1, 0.15) is 0 Å². The second kappa shape index (κ2) is 15.4. The fraction of sp³-hybridized carbons (Fsp3) is 0.0545. The fourth-order valence-electron chi connectivity index (χ4n) is 8.77. The Balaban J connectivity index is 0.904. The smallest absolute Gasteiger partial charge is 0.0712 e. The van der Waals surface area contributed by atoms with Crippen molar-refractivity contribution >= 4 is 51.2 Å². The normalized spacial score (nSPS) is 16.3. The van der Waals surface area contributed by atoms with E-state index in [1.54, 1.807) is 0 Å². The summed E-state index contributed by atoms with van der Waals surface area (Å²) in [6, 6.07) is 73.4. The molecule has 0 saturated carbocycles. The summed E-state index contributed by atoms with van der Waals surface area (Å²) in [6.45, 7) is 2.35. The molecule has 59 heavy (non-hydrogen) atoms. The maximum atomic E-state index is 3.63. The van der Waals surface area contributed by atoms with Crippen molar-refractivity contribution in [3.05, 3.63) is 236 Å². The van der Waals surface area contributed by atoms with Crippen molar-refractivity contribution < 1.29 is 0 Å². The lowest BCUT2D eigenvalue weighted by molar-refractivity contribution is 0.542. The Morgan fingerprint density at radius 2 is 1.08 bits per heavy atom. The van der Waals surface area contributed by atoms with Crippen LogP contribution in [0.3, 0.4) is 0 Å². The molecule has 1 aliphatic carbocycles. The molecule has 2 aliphatic rings. The summed E-state index contributed by atoms with van der Waals surface area (Å²) in [4.78, 5) is 4.87. The SMILES string of the molecule is CC12C=CC=CC1c1cc(N(c3ccccc3)c3ccc(-c4ccc(Nc5cccc(-c6ccccc6Nc6ccccc6)c5)cc4)cc3)ccc1N2c1ccccc1. The highest BCUT2D eigenvalue weighted by Crippen LogP contribution is 2.55. The zero-order valence-electron chi connectivity index (χ0n) is 32.9. The van der Waals surface area contributed by atoms with Crippen LogP contribution in [0.1, 0.15) is 18.4 Å². The van der Waals surface area contributed by atoms with Crippen LogP contribution in [0.15, 0.2) is 231 Å². The number of hydrogen-bond acceptors (Lipinski definition) is 4. The highest BCUT2D eigenvalue weighted by Gasteiger charge is 2.47. The molecule has 2 atom stereocenters. The molecule has 8 aromatic rings. The molecule has 0 bridgehead atoms. The minimum atomic E-state index is -0.196. The molecule has 4 nitrogen and oxygen atoms in total. The van der Waals surface area contributed by atoms with E-state index >= 15 is 0 Å². The average Bonchev–Trinajstić information content (AvgIpc) is 3.56. The summed E-state index contributed by atoms with van der Waals surface area (Å²) < 4.78 is 0. The number of rotatable bonds is 10. The van der Waals surface area contributed by atoms with Crippen molar-refractivity contribution in [2.45, 2.75) is 18.4 Å². The van der Waals surface area contributed by atoms with Gasteiger partial charge in [0.05, 0.1) is 5.54 Å². The summed E-state index contributed by atoms with van der Waals surface area (Å²) in [5, 5.41) is 7.22. The maximum absolute atomic E-state index is 3.63. The molecule has 8 aromatic carbocycles. The second-order valence-electron chi connectivity index (χ2n) is 15.4. The Hall–Kier alpha value is -7.56. The minimum Gasteiger partial charge on any atom is -0.356 e. The van der Waals surface area contributed by atoms with E-state index in [0.717, 1.165) is 56.5 Å². The standard InChI is InChI=1S/C55H44N4/c1-55-37-14-13-25-52(55)51-39-49(35-36-54(51)59(55)48-22-9-4-10-23-48)58(46-20-7-3-8-21-46)47-33-29-41(30-34-47)40-27-31-44(32-28-40)56-45-19-15-16-42(38-45)50-24-11-12-26-53(50)57-43-17-5-2-6-18-43/h2-39,52,56-57H,1H3. The lowest BCUT2D eigenvalue weighted by Gasteiger charge is -2.39. The monoisotopic (exact) mass is 760 g/mol. The average molecular weight is 761 g/mol. The van der Waals surface area contributed by atoms with Crippen molar-refractivity contribution in [1.29, 1.82) is 0 Å². The summed E-state index contributed by atoms with van der Waals surface area (Å²) >= 11 is 0. The van der Waals surface area contributed by atoms with Crippen LogP contribution in [0.25, 0.3) is 22.3 Å². The van der Waals surface area contributed by atoms with Gasteiger partial charge in [-0.2, -0.15) is 0 Å². The third-order valence-electron chi connectivity index (χ3n) is 11.6. The molecule has 2 N–H and O–H groups in total. The zero-order chi connectivity index (χ0) is 39.6. The number of anilines is 9. The Labute approximate surface area is 347 Å². The second-order valence-corrected chi connectivity index (χ2v) is 15.4. The number of benzene rings is 8. The highest BCUT2D eigenvalue weighted by molar-refractivity contribution is 5.85. The van der Waals surface area contributed by atoms with E-state index in [4.69, 9.17) is 0 Å². The van der Waals surface area contributed by atoms with Crippen LogP contribution < -0.4 is 20.4 Å². The van der Waals surface area contributed by atoms with Gasteiger partial charge in [-0.1, -0.05) is 133 Å². The molecule has 0 spiro atoms. The number of hydrogen-bond donors (Lipinski definition) is 2. The first-order valence-electron chi connectivity index (χ1n) is 20.3.